The van der Waals surface area contributed by atoms with Gasteiger partial charge in [-0.3, -0.25) is 0 Å². The molecule has 1 fully saturated rings. The molecule has 1 aromatic carbocycles. The molecule has 0 heterocycles. The van der Waals surface area contributed by atoms with Crippen LogP contribution in [0.3, 0.4) is 0 Å². The van der Waals surface area contributed by atoms with Crippen molar-refractivity contribution in [2.45, 2.75) is 37.3 Å². The van der Waals surface area contributed by atoms with Crippen LogP contribution >= 0.6 is 0 Å². The highest BCUT2D eigenvalue weighted by atomic mass is 19.1. The van der Waals surface area contributed by atoms with E-state index in [-0.39, 0.29) is 11.2 Å². The normalized spacial score (nSPS) is 19.8. The molecule has 4 heteroatoms. The molecule has 1 aromatic rings. The summed E-state index contributed by atoms with van der Waals surface area (Å²) in [7, 11) is 1.63. The van der Waals surface area contributed by atoms with Crippen LogP contribution in [-0.2, 0) is 4.74 Å². The summed E-state index contributed by atoms with van der Waals surface area (Å²) in [6.45, 7) is 0. The second-order valence-corrected chi connectivity index (χ2v) is 4.69. The lowest BCUT2D eigenvalue weighted by Crippen LogP contribution is -2.42. The van der Waals surface area contributed by atoms with Gasteiger partial charge in [0.05, 0.1) is 5.60 Å². The first-order chi connectivity index (χ1) is 8.08. The van der Waals surface area contributed by atoms with E-state index in [0.29, 0.717) is 6.42 Å². The summed E-state index contributed by atoms with van der Waals surface area (Å²) in [6, 6.07) is 3.16. The predicted octanol–water partition coefficient (Wildman–Crippen LogP) is 2.92. The van der Waals surface area contributed by atoms with Crippen molar-refractivity contribution in [3.05, 3.63) is 35.4 Å². The van der Waals surface area contributed by atoms with E-state index in [4.69, 9.17) is 10.5 Å². The average molecular weight is 241 g/mol. The summed E-state index contributed by atoms with van der Waals surface area (Å²) >= 11 is 0. The number of ether oxygens (including phenoxy) is 1. The van der Waals surface area contributed by atoms with E-state index < -0.39 is 17.7 Å². The molecule has 94 valence electrons. The minimum atomic E-state index is -0.656. The molecule has 2 N–H and O–H groups in total. The summed E-state index contributed by atoms with van der Waals surface area (Å²) in [6.07, 6.45) is 3.36. The van der Waals surface area contributed by atoms with E-state index >= 15 is 0 Å². The van der Waals surface area contributed by atoms with Crippen LogP contribution in [0.5, 0.6) is 0 Å². The highest BCUT2D eigenvalue weighted by Gasteiger charge is 2.39. The van der Waals surface area contributed by atoms with Gasteiger partial charge in [0.15, 0.2) is 0 Å². The molecule has 0 aliphatic heterocycles. The van der Waals surface area contributed by atoms with E-state index in [2.05, 4.69) is 0 Å². The van der Waals surface area contributed by atoms with E-state index in [1.54, 1.807) is 7.11 Å². The molecule has 0 radical (unpaired) electrons. The van der Waals surface area contributed by atoms with Gasteiger partial charge < -0.3 is 10.5 Å². The molecule has 2 nitrogen and oxygen atoms in total. The van der Waals surface area contributed by atoms with Crippen LogP contribution < -0.4 is 5.73 Å². The molecule has 1 saturated carbocycles. The van der Waals surface area contributed by atoms with E-state index in [1.807, 2.05) is 0 Å². The van der Waals surface area contributed by atoms with Crippen LogP contribution in [0.1, 0.15) is 37.3 Å². The third kappa shape index (κ3) is 2.33. The third-order valence-electron chi connectivity index (χ3n) is 3.66. The van der Waals surface area contributed by atoms with Crippen molar-refractivity contribution in [1.82, 2.24) is 0 Å². The summed E-state index contributed by atoms with van der Waals surface area (Å²) < 4.78 is 32.5. The molecule has 1 atom stereocenters. The highest BCUT2D eigenvalue weighted by molar-refractivity contribution is 5.23. The van der Waals surface area contributed by atoms with Gasteiger partial charge in [0.2, 0.25) is 0 Å². The SMILES string of the molecule is COC1(CC(N)c2c(F)cccc2F)CCC1. The molecule has 0 saturated heterocycles. The van der Waals surface area contributed by atoms with Crippen LogP contribution in [0.25, 0.3) is 0 Å². The smallest absolute Gasteiger partial charge is 0.130 e. The predicted molar refractivity (Wildman–Crippen MR) is 61.5 cm³/mol. The Morgan fingerprint density at radius 1 is 1.35 bits per heavy atom. The first-order valence-electron chi connectivity index (χ1n) is 5.83. The summed E-state index contributed by atoms with van der Waals surface area (Å²) in [4.78, 5) is 0. The van der Waals surface area contributed by atoms with Gasteiger partial charge in [-0.15, -0.1) is 0 Å². The Kier molecular flexibility index (Phi) is 3.45. The maximum atomic E-state index is 13.5. The molecule has 1 unspecified atom stereocenters. The lowest BCUT2D eigenvalue weighted by molar-refractivity contribution is -0.0819. The fraction of sp³-hybridized carbons (Fsp3) is 0.538. The van der Waals surface area contributed by atoms with Gasteiger partial charge in [-0.25, -0.2) is 8.78 Å². The van der Waals surface area contributed by atoms with Crippen molar-refractivity contribution < 1.29 is 13.5 Å². The molecular formula is C13H17F2NO. The molecule has 0 bridgehead atoms. The molecule has 1 aliphatic carbocycles. The van der Waals surface area contributed by atoms with Crippen molar-refractivity contribution in [3.63, 3.8) is 0 Å². The first-order valence-corrected chi connectivity index (χ1v) is 5.83. The summed E-state index contributed by atoms with van der Waals surface area (Å²) in [5.41, 5.74) is 5.59. The average Bonchev–Trinajstić information content (AvgIpc) is 2.23. The molecule has 1 aliphatic rings. The lowest BCUT2D eigenvalue weighted by atomic mass is 9.75. The molecule has 0 amide bonds. The Hall–Kier alpha value is -1.00. The minimum absolute atomic E-state index is 0.0316. The van der Waals surface area contributed by atoms with Crippen molar-refractivity contribution in [2.24, 2.45) is 5.73 Å². The summed E-state index contributed by atoms with van der Waals surface area (Å²) in [5.74, 6) is -1.16. The van der Waals surface area contributed by atoms with Crippen LogP contribution in [0.15, 0.2) is 18.2 Å². The summed E-state index contributed by atoms with van der Waals surface area (Å²) in [5, 5.41) is 0. The zero-order valence-corrected chi connectivity index (χ0v) is 9.88. The van der Waals surface area contributed by atoms with Crippen LogP contribution in [-0.4, -0.2) is 12.7 Å². The van der Waals surface area contributed by atoms with Crippen LogP contribution in [0.4, 0.5) is 8.78 Å². The number of nitrogens with two attached hydrogens (primary N) is 1. The molecule has 2 rings (SSSR count). The maximum Gasteiger partial charge on any atom is 0.130 e. The van der Waals surface area contributed by atoms with Gasteiger partial charge in [0, 0.05) is 18.7 Å². The number of methoxy groups -OCH3 is 1. The Balaban J connectivity index is 2.17. The number of halogens is 2. The van der Waals surface area contributed by atoms with E-state index in [1.165, 1.54) is 18.2 Å². The third-order valence-corrected chi connectivity index (χ3v) is 3.66. The monoisotopic (exact) mass is 241 g/mol. The lowest BCUT2D eigenvalue weighted by Gasteiger charge is -2.42. The van der Waals surface area contributed by atoms with Crippen molar-refractivity contribution in [2.75, 3.05) is 7.11 Å². The second-order valence-electron chi connectivity index (χ2n) is 4.69. The van der Waals surface area contributed by atoms with Crippen molar-refractivity contribution in [1.29, 1.82) is 0 Å². The van der Waals surface area contributed by atoms with Crippen molar-refractivity contribution >= 4 is 0 Å². The van der Waals surface area contributed by atoms with Gasteiger partial charge in [-0.2, -0.15) is 0 Å². The number of benzene rings is 1. The van der Waals surface area contributed by atoms with Gasteiger partial charge in [0.1, 0.15) is 11.6 Å². The molecule has 0 aromatic heterocycles. The van der Waals surface area contributed by atoms with Crippen molar-refractivity contribution in [3.8, 4) is 0 Å². The van der Waals surface area contributed by atoms with Gasteiger partial charge >= 0.3 is 0 Å². The number of hydrogen-bond acceptors (Lipinski definition) is 2. The van der Waals surface area contributed by atoms with Gasteiger partial charge in [-0.1, -0.05) is 6.07 Å². The standard InChI is InChI=1S/C13H17F2NO/c1-17-13(6-3-7-13)8-11(16)12-9(14)4-2-5-10(12)15/h2,4-5,11H,3,6-8,16H2,1H3. The molecule has 0 spiro atoms. The zero-order chi connectivity index (χ0) is 12.5. The van der Waals surface area contributed by atoms with E-state index in [9.17, 15) is 8.78 Å². The zero-order valence-electron chi connectivity index (χ0n) is 9.88. The van der Waals surface area contributed by atoms with Crippen LogP contribution in [0.2, 0.25) is 0 Å². The number of hydrogen-bond donors (Lipinski definition) is 1. The van der Waals surface area contributed by atoms with E-state index in [0.717, 1.165) is 19.3 Å². The Morgan fingerprint density at radius 3 is 2.35 bits per heavy atom. The van der Waals surface area contributed by atoms with Gasteiger partial charge in [-0.05, 0) is 37.8 Å². The Morgan fingerprint density at radius 2 is 1.94 bits per heavy atom. The Bertz CT molecular complexity index is 379. The molecule has 17 heavy (non-hydrogen) atoms. The minimum Gasteiger partial charge on any atom is -0.378 e. The first kappa shape index (κ1) is 12.5. The number of rotatable bonds is 4. The Labute approximate surface area is 99.8 Å². The quantitative estimate of drug-likeness (QED) is 0.879. The second kappa shape index (κ2) is 4.70. The van der Waals surface area contributed by atoms with Gasteiger partial charge in [0.25, 0.3) is 0 Å². The largest absolute Gasteiger partial charge is 0.378 e. The maximum absolute atomic E-state index is 13.5. The fourth-order valence-electron chi connectivity index (χ4n) is 2.43. The molecular weight excluding hydrogens is 224 g/mol. The topological polar surface area (TPSA) is 35.2 Å². The van der Waals surface area contributed by atoms with Crippen LogP contribution in [0, 0.1) is 11.6 Å². The highest BCUT2D eigenvalue weighted by Crippen LogP contribution is 2.41. The fourth-order valence-corrected chi connectivity index (χ4v) is 2.43.